The van der Waals surface area contributed by atoms with Crippen molar-refractivity contribution in [3.05, 3.63) is 58.7 Å². The van der Waals surface area contributed by atoms with E-state index in [9.17, 15) is 22.8 Å². The number of aromatic nitrogens is 1. The van der Waals surface area contributed by atoms with Gasteiger partial charge in [-0.3, -0.25) is 19.4 Å². The molecule has 0 aliphatic rings. The topological polar surface area (TPSA) is 74.8 Å². The predicted octanol–water partition coefficient (Wildman–Crippen LogP) is 3.20. The van der Waals surface area contributed by atoms with Gasteiger partial charge in [-0.2, -0.15) is 18.2 Å². The van der Waals surface area contributed by atoms with Crippen LogP contribution in [0.25, 0.3) is 0 Å². The van der Waals surface area contributed by atoms with Gasteiger partial charge in [-0.15, -0.1) is 0 Å². The average Bonchev–Trinajstić information content (AvgIpc) is 2.68. The van der Waals surface area contributed by atoms with Gasteiger partial charge in [0.25, 0.3) is 0 Å². The molecule has 0 bridgehead atoms. The number of nitrogens with one attached hydrogen (secondary N) is 1. The molecule has 11 heteroatoms. The minimum atomic E-state index is -4.53. The molecule has 1 aromatic carbocycles. The third-order valence-electron chi connectivity index (χ3n) is 3.74. The van der Waals surface area contributed by atoms with Crippen LogP contribution in [0.2, 0.25) is 5.02 Å². The average molecular weight is 431 g/mol. The number of benzene rings is 1. The van der Waals surface area contributed by atoms with Crippen LogP contribution >= 0.6 is 11.6 Å². The highest BCUT2D eigenvalue weighted by molar-refractivity contribution is 6.31. The normalized spacial score (nSPS) is 11.2. The molecule has 0 radical (unpaired) electrons. The van der Waals surface area contributed by atoms with E-state index in [1.165, 1.54) is 11.9 Å². The number of carbonyl (C=O) groups is 2. The molecule has 156 valence electrons. The van der Waals surface area contributed by atoms with Crippen molar-refractivity contribution in [1.29, 1.82) is 0 Å². The molecule has 0 fully saturated rings. The summed E-state index contributed by atoms with van der Waals surface area (Å²) in [6, 6.07) is 8.91. The van der Waals surface area contributed by atoms with Crippen molar-refractivity contribution >= 4 is 29.7 Å². The van der Waals surface area contributed by atoms with Crippen LogP contribution in [-0.2, 0) is 27.1 Å². The van der Waals surface area contributed by atoms with Crippen LogP contribution in [0.5, 0.6) is 0 Å². The number of rotatable bonds is 9. The monoisotopic (exact) mass is 430 g/mol. The second-order valence-electron chi connectivity index (χ2n) is 5.76. The predicted molar refractivity (Wildman–Crippen MR) is 99.4 cm³/mol. The van der Waals surface area contributed by atoms with Crippen molar-refractivity contribution < 1.29 is 27.6 Å². The standard InChI is InChI=1S/C18H18ClF3N4O3/c1-13(28)25(24-10-14-4-2-3-5-16(14)19)8-9-29-26(12-27)17-7-6-15(11-23-17)18(20,21)22/h2-7,11-12,24H,8-10H2,1H3. The van der Waals surface area contributed by atoms with Gasteiger partial charge in [0.15, 0.2) is 5.82 Å². The molecule has 0 aliphatic carbocycles. The molecule has 0 unspecified atom stereocenters. The van der Waals surface area contributed by atoms with Gasteiger partial charge in [-0.25, -0.2) is 10.4 Å². The third kappa shape index (κ3) is 6.70. The van der Waals surface area contributed by atoms with E-state index in [1.54, 1.807) is 18.2 Å². The third-order valence-corrected chi connectivity index (χ3v) is 4.11. The quantitative estimate of drug-likeness (QED) is 0.488. The lowest BCUT2D eigenvalue weighted by Gasteiger charge is -2.23. The van der Waals surface area contributed by atoms with E-state index in [0.717, 1.165) is 17.7 Å². The molecule has 2 rings (SSSR count). The maximum atomic E-state index is 12.6. The fourth-order valence-corrected chi connectivity index (χ4v) is 2.44. The Kier molecular flexibility index (Phi) is 7.94. The molecular formula is C18H18ClF3N4O3. The van der Waals surface area contributed by atoms with E-state index < -0.39 is 11.7 Å². The molecule has 1 heterocycles. The highest BCUT2D eigenvalue weighted by Gasteiger charge is 2.31. The Morgan fingerprint density at radius 1 is 1.28 bits per heavy atom. The number of alkyl halides is 3. The summed E-state index contributed by atoms with van der Waals surface area (Å²) in [6.07, 6.45) is -3.67. The van der Waals surface area contributed by atoms with Crippen LogP contribution in [0.1, 0.15) is 18.1 Å². The summed E-state index contributed by atoms with van der Waals surface area (Å²) >= 11 is 6.07. The zero-order chi connectivity index (χ0) is 21.4. The molecule has 2 amide bonds. The van der Waals surface area contributed by atoms with Gasteiger partial charge >= 0.3 is 6.18 Å². The van der Waals surface area contributed by atoms with Crippen molar-refractivity contribution in [3.8, 4) is 0 Å². The molecule has 0 saturated heterocycles. The molecular weight excluding hydrogens is 413 g/mol. The second-order valence-corrected chi connectivity index (χ2v) is 6.17. The molecule has 0 spiro atoms. The number of halogens is 4. The summed E-state index contributed by atoms with van der Waals surface area (Å²) in [6.45, 7) is 1.58. The van der Waals surface area contributed by atoms with Gasteiger partial charge in [0.1, 0.15) is 0 Å². The van der Waals surface area contributed by atoms with Gasteiger partial charge in [-0.1, -0.05) is 29.8 Å². The zero-order valence-electron chi connectivity index (χ0n) is 15.3. The van der Waals surface area contributed by atoms with Gasteiger partial charge in [-0.05, 0) is 23.8 Å². The first-order chi connectivity index (χ1) is 13.7. The van der Waals surface area contributed by atoms with E-state index in [-0.39, 0.29) is 37.8 Å². The molecule has 0 atom stereocenters. The van der Waals surface area contributed by atoms with E-state index in [1.807, 2.05) is 6.07 Å². The summed E-state index contributed by atoms with van der Waals surface area (Å²) in [5.74, 6) is -0.419. The molecule has 7 nitrogen and oxygen atoms in total. The number of amides is 2. The minimum absolute atomic E-state index is 0.0603. The van der Waals surface area contributed by atoms with Crippen molar-refractivity contribution in [2.24, 2.45) is 0 Å². The molecule has 1 N–H and O–H groups in total. The second kappa shape index (κ2) is 10.2. The largest absolute Gasteiger partial charge is 0.417 e. The minimum Gasteiger partial charge on any atom is -0.276 e. The van der Waals surface area contributed by atoms with Gasteiger partial charge in [0, 0.05) is 24.7 Å². The van der Waals surface area contributed by atoms with E-state index in [4.69, 9.17) is 16.4 Å². The van der Waals surface area contributed by atoms with Gasteiger partial charge in [0.2, 0.25) is 12.3 Å². The smallest absolute Gasteiger partial charge is 0.276 e. The Labute approximate surface area is 169 Å². The zero-order valence-corrected chi connectivity index (χ0v) is 16.1. The van der Waals surface area contributed by atoms with Crippen LogP contribution in [0, 0.1) is 0 Å². The molecule has 0 saturated carbocycles. The fraction of sp³-hybridized carbons (Fsp3) is 0.278. The van der Waals surface area contributed by atoms with Crippen molar-refractivity contribution in [1.82, 2.24) is 15.4 Å². The van der Waals surface area contributed by atoms with Crippen molar-refractivity contribution in [2.75, 3.05) is 18.2 Å². The lowest BCUT2D eigenvalue weighted by Crippen LogP contribution is -2.44. The van der Waals surface area contributed by atoms with Crippen LogP contribution < -0.4 is 10.5 Å². The first kappa shape index (κ1) is 22.6. The number of carbonyl (C=O) groups excluding carboxylic acids is 2. The Morgan fingerprint density at radius 3 is 2.55 bits per heavy atom. The van der Waals surface area contributed by atoms with E-state index in [0.29, 0.717) is 16.3 Å². The van der Waals surface area contributed by atoms with Crippen molar-refractivity contribution in [2.45, 2.75) is 19.6 Å². The molecule has 29 heavy (non-hydrogen) atoms. The number of nitrogens with zero attached hydrogens (tertiary/aromatic N) is 3. The highest BCUT2D eigenvalue weighted by atomic mass is 35.5. The maximum Gasteiger partial charge on any atom is 0.417 e. The fourth-order valence-electron chi connectivity index (χ4n) is 2.24. The summed E-state index contributed by atoms with van der Waals surface area (Å²) in [5.41, 5.74) is 2.74. The summed E-state index contributed by atoms with van der Waals surface area (Å²) in [7, 11) is 0. The first-order valence-electron chi connectivity index (χ1n) is 8.38. The number of hydrogen-bond donors (Lipinski definition) is 1. The lowest BCUT2D eigenvalue weighted by atomic mass is 10.2. The van der Waals surface area contributed by atoms with Crippen LogP contribution in [0.4, 0.5) is 19.0 Å². The van der Waals surface area contributed by atoms with Gasteiger partial charge in [0.05, 0.1) is 18.7 Å². The van der Waals surface area contributed by atoms with Crippen LogP contribution in [-0.4, -0.2) is 35.5 Å². The van der Waals surface area contributed by atoms with E-state index >= 15 is 0 Å². The Hall–Kier alpha value is -2.69. The number of hydrazine groups is 1. The molecule has 2 aromatic rings. The van der Waals surface area contributed by atoms with Crippen molar-refractivity contribution in [3.63, 3.8) is 0 Å². The molecule has 1 aromatic heterocycles. The summed E-state index contributed by atoms with van der Waals surface area (Å²) in [5, 5.41) is 2.50. The Bertz CT molecular complexity index is 834. The van der Waals surface area contributed by atoms with E-state index in [2.05, 4.69) is 10.4 Å². The lowest BCUT2D eigenvalue weighted by molar-refractivity contribution is -0.137. The van der Waals surface area contributed by atoms with Gasteiger partial charge < -0.3 is 0 Å². The number of hydrogen-bond acceptors (Lipinski definition) is 5. The Morgan fingerprint density at radius 2 is 2.00 bits per heavy atom. The summed E-state index contributed by atoms with van der Waals surface area (Å²) in [4.78, 5) is 31.7. The summed E-state index contributed by atoms with van der Waals surface area (Å²) < 4.78 is 37.7. The highest BCUT2D eigenvalue weighted by Crippen LogP contribution is 2.29. The number of hydroxylamine groups is 1. The Balaban J connectivity index is 1.91. The van der Waals surface area contributed by atoms with Crippen LogP contribution in [0.3, 0.4) is 0 Å². The van der Waals surface area contributed by atoms with Crippen LogP contribution in [0.15, 0.2) is 42.6 Å². The number of pyridine rings is 1. The maximum absolute atomic E-state index is 12.6. The first-order valence-corrected chi connectivity index (χ1v) is 8.76. The molecule has 0 aliphatic heterocycles. The SMILES string of the molecule is CC(=O)N(CCON(C=O)c1ccc(C(F)(F)F)cn1)NCc1ccccc1Cl. The number of anilines is 1.